The van der Waals surface area contributed by atoms with Gasteiger partial charge in [-0.2, -0.15) is 0 Å². The molecule has 0 aliphatic carbocycles. The summed E-state index contributed by atoms with van der Waals surface area (Å²) in [5.41, 5.74) is 0. The number of aliphatic hydroxyl groups is 2. The van der Waals surface area contributed by atoms with E-state index in [1.54, 1.807) is 6.92 Å². The van der Waals surface area contributed by atoms with E-state index in [-0.39, 0.29) is 12.2 Å². The number of hydrogen-bond donors (Lipinski definition) is 2. The van der Waals surface area contributed by atoms with E-state index in [9.17, 15) is 10.2 Å². The molecule has 0 aromatic carbocycles. The summed E-state index contributed by atoms with van der Waals surface area (Å²) < 4.78 is 5.23. The second-order valence-corrected chi connectivity index (χ2v) is 2.77. The van der Waals surface area contributed by atoms with Crippen LogP contribution in [0.2, 0.25) is 0 Å². The SMILES string of the molecule is CC[C@H]1O[C@@H](C)[C@H](O)[C@@H]1O. The first-order chi connectivity index (χ1) is 4.66. The highest BCUT2D eigenvalue weighted by Crippen LogP contribution is 2.22. The van der Waals surface area contributed by atoms with Gasteiger partial charge in [0.1, 0.15) is 12.2 Å². The minimum absolute atomic E-state index is 0.176. The van der Waals surface area contributed by atoms with Crippen LogP contribution in [0.3, 0.4) is 0 Å². The lowest BCUT2D eigenvalue weighted by Crippen LogP contribution is -2.31. The molecular weight excluding hydrogens is 132 g/mol. The van der Waals surface area contributed by atoms with Crippen LogP contribution in [0.5, 0.6) is 0 Å². The highest BCUT2D eigenvalue weighted by atomic mass is 16.5. The van der Waals surface area contributed by atoms with Gasteiger partial charge in [-0.3, -0.25) is 0 Å². The van der Waals surface area contributed by atoms with Crippen LogP contribution in [0, 0.1) is 0 Å². The Labute approximate surface area is 60.6 Å². The van der Waals surface area contributed by atoms with Crippen molar-refractivity contribution >= 4 is 0 Å². The van der Waals surface area contributed by atoms with Crippen molar-refractivity contribution in [3.63, 3.8) is 0 Å². The van der Waals surface area contributed by atoms with E-state index in [1.165, 1.54) is 0 Å². The molecule has 0 aromatic heterocycles. The minimum atomic E-state index is -0.704. The lowest BCUT2D eigenvalue weighted by atomic mass is 10.1. The number of ether oxygens (including phenoxy) is 1. The number of rotatable bonds is 1. The molecule has 10 heavy (non-hydrogen) atoms. The quantitative estimate of drug-likeness (QED) is 0.543. The predicted molar refractivity (Wildman–Crippen MR) is 36.6 cm³/mol. The third kappa shape index (κ3) is 1.17. The van der Waals surface area contributed by atoms with Crippen LogP contribution in [0.25, 0.3) is 0 Å². The first-order valence-corrected chi connectivity index (χ1v) is 3.68. The van der Waals surface area contributed by atoms with Gasteiger partial charge in [-0.05, 0) is 13.3 Å². The normalized spacial score (nSPS) is 48.0. The van der Waals surface area contributed by atoms with E-state index in [2.05, 4.69) is 0 Å². The smallest absolute Gasteiger partial charge is 0.108 e. The van der Waals surface area contributed by atoms with Gasteiger partial charge in [0.05, 0.1) is 12.2 Å². The van der Waals surface area contributed by atoms with Crippen LogP contribution in [0.1, 0.15) is 20.3 Å². The zero-order chi connectivity index (χ0) is 7.72. The van der Waals surface area contributed by atoms with Gasteiger partial charge in [-0.25, -0.2) is 0 Å². The molecule has 1 rings (SSSR count). The molecule has 0 spiro atoms. The van der Waals surface area contributed by atoms with Crippen molar-refractivity contribution in [1.82, 2.24) is 0 Å². The van der Waals surface area contributed by atoms with E-state index in [4.69, 9.17) is 4.74 Å². The van der Waals surface area contributed by atoms with Gasteiger partial charge >= 0.3 is 0 Å². The molecule has 0 radical (unpaired) electrons. The Morgan fingerprint density at radius 3 is 2.10 bits per heavy atom. The van der Waals surface area contributed by atoms with Crippen molar-refractivity contribution in [3.05, 3.63) is 0 Å². The molecular formula is C7H14O3. The van der Waals surface area contributed by atoms with Gasteiger partial charge in [0.2, 0.25) is 0 Å². The van der Waals surface area contributed by atoms with Crippen molar-refractivity contribution in [2.24, 2.45) is 0 Å². The average Bonchev–Trinajstić information content (AvgIpc) is 2.17. The highest BCUT2D eigenvalue weighted by Gasteiger charge is 2.38. The van der Waals surface area contributed by atoms with Crippen LogP contribution in [0.4, 0.5) is 0 Å². The molecule has 0 unspecified atom stereocenters. The fourth-order valence-electron chi connectivity index (χ4n) is 1.27. The summed E-state index contributed by atoms with van der Waals surface area (Å²) in [4.78, 5) is 0. The largest absolute Gasteiger partial charge is 0.388 e. The maximum Gasteiger partial charge on any atom is 0.108 e. The summed E-state index contributed by atoms with van der Waals surface area (Å²) in [6.07, 6.45) is -1.04. The lowest BCUT2D eigenvalue weighted by Gasteiger charge is -2.10. The minimum Gasteiger partial charge on any atom is -0.388 e. The second kappa shape index (κ2) is 2.86. The topological polar surface area (TPSA) is 49.7 Å². The van der Waals surface area contributed by atoms with E-state index < -0.39 is 12.2 Å². The maximum absolute atomic E-state index is 9.25. The summed E-state index contributed by atoms with van der Waals surface area (Å²) in [6, 6.07) is 0. The molecule has 3 heteroatoms. The van der Waals surface area contributed by atoms with Crippen molar-refractivity contribution in [2.75, 3.05) is 0 Å². The fraction of sp³-hybridized carbons (Fsp3) is 1.00. The standard InChI is InChI=1S/C7H14O3/c1-3-5-7(9)6(8)4(2)10-5/h4-9H,3H2,1-2H3/t4-,5+,6-,7+/m0/s1. The van der Waals surface area contributed by atoms with Crippen LogP contribution in [-0.4, -0.2) is 34.6 Å². The van der Waals surface area contributed by atoms with Gasteiger partial charge in [0.25, 0.3) is 0 Å². The molecule has 1 saturated heterocycles. The van der Waals surface area contributed by atoms with Gasteiger partial charge in [0.15, 0.2) is 0 Å². The van der Waals surface area contributed by atoms with E-state index >= 15 is 0 Å². The molecule has 1 aliphatic heterocycles. The van der Waals surface area contributed by atoms with Crippen LogP contribution >= 0.6 is 0 Å². The monoisotopic (exact) mass is 146 g/mol. The molecule has 0 bridgehead atoms. The molecule has 0 aromatic rings. The lowest BCUT2D eigenvalue weighted by molar-refractivity contribution is 0.0144. The molecule has 2 N–H and O–H groups in total. The third-order valence-electron chi connectivity index (χ3n) is 2.00. The van der Waals surface area contributed by atoms with Crippen molar-refractivity contribution < 1.29 is 14.9 Å². The second-order valence-electron chi connectivity index (χ2n) is 2.77. The molecule has 3 nitrogen and oxygen atoms in total. The molecule has 1 aliphatic rings. The Balaban J connectivity index is 2.53. The summed E-state index contributed by atoms with van der Waals surface area (Å²) in [6.45, 7) is 3.70. The summed E-state index contributed by atoms with van der Waals surface area (Å²) in [7, 11) is 0. The summed E-state index contributed by atoms with van der Waals surface area (Å²) in [5, 5.41) is 18.4. The summed E-state index contributed by atoms with van der Waals surface area (Å²) in [5.74, 6) is 0. The Bertz CT molecular complexity index is 115. The summed E-state index contributed by atoms with van der Waals surface area (Å²) >= 11 is 0. The van der Waals surface area contributed by atoms with Gasteiger partial charge in [-0.1, -0.05) is 6.92 Å². The van der Waals surface area contributed by atoms with Gasteiger partial charge in [-0.15, -0.1) is 0 Å². The van der Waals surface area contributed by atoms with Crippen LogP contribution in [-0.2, 0) is 4.74 Å². The zero-order valence-corrected chi connectivity index (χ0v) is 6.32. The first-order valence-electron chi connectivity index (χ1n) is 3.68. The van der Waals surface area contributed by atoms with Crippen molar-refractivity contribution in [2.45, 2.75) is 44.7 Å². The number of aliphatic hydroxyl groups excluding tert-OH is 2. The molecule has 1 heterocycles. The van der Waals surface area contributed by atoms with Crippen LogP contribution < -0.4 is 0 Å². The molecule has 0 amide bonds. The van der Waals surface area contributed by atoms with E-state index in [0.717, 1.165) is 6.42 Å². The van der Waals surface area contributed by atoms with Crippen molar-refractivity contribution in [3.8, 4) is 0 Å². The van der Waals surface area contributed by atoms with Crippen LogP contribution in [0.15, 0.2) is 0 Å². The van der Waals surface area contributed by atoms with Gasteiger partial charge < -0.3 is 14.9 Å². The highest BCUT2D eigenvalue weighted by molar-refractivity contribution is 4.87. The first kappa shape index (κ1) is 7.98. The van der Waals surface area contributed by atoms with Crippen molar-refractivity contribution in [1.29, 1.82) is 0 Å². The molecule has 0 saturated carbocycles. The Morgan fingerprint density at radius 2 is 1.90 bits per heavy atom. The zero-order valence-electron chi connectivity index (χ0n) is 6.32. The molecule has 60 valence electrons. The molecule has 1 fully saturated rings. The third-order valence-corrected chi connectivity index (χ3v) is 2.00. The average molecular weight is 146 g/mol. The Hall–Kier alpha value is -0.120. The predicted octanol–water partition coefficient (Wildman–Crippen LogP) is -0.0945. The van der Waals surface area contributed by atoms with E-state index in [1.807, 2.05) is 6.92 Å². The van der Waals surface area contributed by atoms with E-state index in [0.29, 0.717) is 0 Å². The maximum atomic E-state index is 9.25. The Morgan fingerprint density at radius 1 is 1.30 bits per heavy atom. The Kier molecular flexibility index (Phi) is 2.28. The number of hydrogen-bond acceptors (Lipinski definition) is 3. The molecule has 4 atom stereocenters. The fourth-order valence-corrected chi connectivity index (χ4v) is 1.27. The van der Waals surface area contributed by atoms with Gasteiger partial charge in [0, 0.05) is 0 Å².